The summed E-state index contributed by atoms with van der Waals surface area (Å²) in [6.07, 6.45) is 16.7. The fraction of sp³-hybridized carbons (Fsp3) is 1.00. The van der Waals surface area contributed by atoms with Gasteiger partial charge in [-0.15, -0.1) is 23.5 Å². The third kappa shape index (κ3) is 20.7. The van der Waals surface area contributed by atoms with Crippen molar-refractivity contribution in [2.24, 2.45) is 0 Å². The molecule has 0 saturated heterocycles. The van der Waals surface area contributed by atoms with Crippen LogP contribution in [0.25, 0.3) is 0 Å². The van der Waals surface area contributed by atoms with Crippen LogP contribution in [0.3, 0.4) is 0 Å². The molecule has 0 aromatic carbocycles. The highest BCUT2D eigenvalue weighted by Crippen LogP contribution is 2.12. The zero-order chi connectivity index (χ0) is 15.4. The first kappa shape index (κ1) is 21.7. The fourth-order valence-corrected chi connectivity index (χ4v) is 3.80. The lowest BCUT2D eigenvalue weighted by Crippen LogP contribution is -1.93. The van der Waals surface area contributed by atoms with E-state index in [2.05, 4.69) is 13.8 Å². The average molecular weight is 335 g/mol. The largest absolute Gasteiger partial charge is 0.360 e. The summed E-state index contributed by atoms with van der Waals surface area (Å²) < 4.78 is 5.65. The molecule has 0 rings (SSSR count). The van der Waals surface area contributed by atoms with E-state index in [1.165, 1.54) is 88.6 Å². The van der Waals surface area contributed by atoms with Crippen molar-refractivity contribution in [2.45, 2.75) is 90.9 Å². The van der Waals surface area contributed by atoms with Gasteiger partial charge in [0.2, 0.25) is 0 Å². The van der Waals surface area contributed by atoms with Gasteiger partial charge in [0, 0.05) is 0 Å². The summed E-state index contributed by atoms with van der Waals surface area (Å²) in [5, 5.41) is 0. The topological polar surface area (TPSA) is 9.23 Å². The SMILES string of the molecule is CCCCCCCCSCOCSCCCCCCCC. The number of hydrogen-bond acceptors (Lipinski definition) is 3. The molecule has 0 amide bonds. The molecule has 0 spiro atoms. The number of hydrogen-bond donors (Lipinski definition) is 0. The quantitative estimate of drug-likeness (QED) is 0.195. The highest BCUT2D eigenvalue weighted by atomic mass is 32.2. The fourth-order valence-electron chi connectivity index (χ4n) is 2.24. The van der Waals surface area contributed by atoms with Crippen LogP contribution in [0.1, 0.15) is 90.9 Å². The molecule has 0 aliphatic rings. The van der Waals surface area contributed by atoms with E-state index in [1.54, 1.807) is 0 Å². The molecule has 21 heavy (non-hydrogen) atoms. The third-order valence-corrected chi connectivity index (χ3v) is 5.44. The van der Waals surface area contributed by atoms with Gasteiger partial charge in [0.15, 0.2) is 0 Å². The van der Waals surface area contributed by atoms with Gasteiger partial charge in [0.1, 0.15) is 0 Å². The average Bonchev–Trinajstić information content (AvgIpc) is 2.50. The minimum Gasteiger partial charge on any atom is -0.360 e. The van der Waals surface area contributed by atoms with E-state index in [4.69, 9.17) is 4.74 Å². The summed E-state index contributed by atoms with van der Waals surface area (Å²) in [4.78, 5) is 0. The first-order valence-electron chi connectivity index (χ1n) is 9.15. The normalized spacial score (nSPS) is 11.1. The first-order valence-corrected chi connectivity index (χ1v) is 11.5. The molecule has 0 atom stereocenters. The number of unbranched alkanes of at least 4 members (excludes halogenated alkanes) is 10. The monoisotopic (exact) mass is 334 g/mol. The molecule has 0 aliphatic heterocycles. The van der Waals surface area contributed by atoms with Crippen LogP contribution in [0, 0.1) is 0 Å². The van der Waals surface area contributed by atoms with E-state index in [0.717, 1.165) is 11.9 Å². The Hall–Kier alpha value is 0.660. The highest BCUT2D eigenvalue weighted by Gasteiger charge is 1.94. The molecule has 128 valence electrons. The number of ether oxygens (including phenoxy) is 1. The second kappa shape index (κ2) is 20.7. The van der Waals surface area contributed by atoms with Crippen LogP contribution in [-0.2, 0) is 4.74 Å². The molecule has 0 N–H and O–H groups in total. The van der Waals surface area contributed by atoms with E-state index in [1.807, 2.05) is 23.5 Å². The lowest BCUT2D eigenvalue weighted by atomic mass is 10.1. The predicted molar refractivity (Wildman–Crippen MR) is 102 cm³/mol. The summed E-state index contributed by atoms with van der Waals surface area (Å²) in [5.74, 6) is 4.32. The molecule has 3 heteroatoms. The summed E-state index contributed by atoms with van der Waals surface area (Å²) in [7, 11) is 0. The van der Waals surface area contributed by atoms with E-state index in [9.17, 15) is 0 Å². The van der Waals surface area contributed by atoms with E-state index in [0.29, 0.717) is 0 Å². The molecule has 0 unspecified atom stereocenters. The van der Waals surface area contributed by atoms with Crippen LogP contribution in [0.5, 0.6) is 0 Å². The Labute approximate surface area is 142 Å². The van der Waals surface area contributed by atoms with Crippen LogP contribution in [-0.4, -0.2) is 23.4 Å². The van der Waals surface area contributed by atoms with E-state index in [-0.39, 0.29) is 0 Å². The van der Waals surface area contributed by atoms with Crippen molar-refractivity contribution in [3.63, 3.8) is 0 Å². The molecule has 0 aliphatic carbocycles. The lowest BCUT2D eigenvalue weighted by molar-refractivity contribution is 0.240. The van der Waals surface area contributed by atoms with Crippen molar-refractivity contribution in [3.05, 3.63) is 0 Å². The minimum absolute atomic E-state index is 0.887. The Bertz CT molecular complexity index is 159. The van der Waals surface area contributed by atoms with Crippen molar-refractivity contribution in [1.29, 1.82) is 0 Å². The molecular weight excluding hydrogens is 296 g/mol. The second-order valence-electron chi connectivity index (χ2n) is 5.79. The molecule has 0 heterocycles. The van der Waals surface area contributed by atoms with Crippen LogP contribution >= 0.6 is 23.5 Å². The second-order valence-corrected chi connectivity index (χ2v) is 7.90. The van der Waals surface area contributed by atoms with Crippen molar-refractivity contribution >= 4 is 23.5 Å². The van der Waals surface area contributed by atoms with Gasteiger partial charge in [0.25, 0.3) is 0 Å². The zero-order valence-electron chi connectivity index (χ0n) is 14.5. The van der Waals surface area contributed by atoms with Crippen molar-refractivity contribution in [1.82, 2.24) is 0 Å². The van der Waals surface area contributed by atoms with Crippen LogP contribution in [0.15, 0.2) is 0 Å². The van der Waals surface area contributed by atoms with Crippen molar-refractivity contribution in [2.75, 3.05) is 23.4 Å². The van der Waals surface area contributed by atoms with Gasteiger partial charge in [-0.2, -0.15) is 0 Å². The first-order chi connectivity index (χ1) is 10.4. The maximum atomic E-state index is 5.65. The van der Waals surface area contributed by atoms with Gasteiger partial charge < -0.3 is 4.74 Å². The Morgan fingerprint density at radius 2 is 0.905 bits per heavy atom. The predicted octanol–water partition coefficient (Wildman–Crippen LogP) is 7.11. The molecule has 0 fully saturated rings. The maximum absolute atomic E-state index is 5.65. The van der Waals surface area contributed by atoms with Gasteiger partial charge in [-0.25, -0.2) is 0 Å². The maximum Gasteiger partial charge on any atom is 0.0932 e. The smallest absolute Gasteiger partial charge is 0.0932 e. The molecule has 0 aromatic heterocycles. The Kier molecular flexibility index (Phi) is 21.3. The summed E-state index contributed by atoms with van der Waals surface area (Å²) in [6.45, 7) is 4.55. The van der Waals surface area contributed by atoms with Crippen LogP contribution < -0.4 is 0 Å². The number of rotatable bonds is 18. The van der Waals surface area contributed by atoms with Gasteiger partial charge >= 0.3 is 0 Å². The third-order valence-electron chi connectivity index (χ3n) is 3.62. The van der Waals surface area contributed by atoms with Gasteiger partial charge in [0.05, 0.1) is 11.9 Å². The molecule has 0 aromatic rings. The van der Waals surface area contributed by atoms with Crippen LogP contribution in [0.2, 0.25) is 0 Å². The molecule has 1 nitrogen and oxygen atoms in total. The lowest BCUT2D eigenvalue weighted by Gasteiger charge is -2.05. The van der Waals surface area contributed by atoms with Crippen molar-refractivity contribution < 1.29 is 4.74 Å². The molecule has 0 saturated carbocycles. The molecular formula is C18H38OS2. The highest BCUT2D eigenvalue weighted by molar-refractivity contribution is 7.99. The minimum atomic E-state index is 0.887. The Morgan fingerprint density at radius 3 is 1.33 bits per heavy atom. The number of thioether (sulfide) groups is 2. The van der Waals surface area contributed by atoms with Crippen LogP contribution in [0.4, 0.5) is 0 Å². The summed E-state index contributed by atoms with van der Waals surface area (Å²) in [6, 6.07) is 0. The summed E-state index contributed by atoms with van der Waals surface area (Å²) >= 11 is 3.92. The molecule has 0 bridgehead atoms. The Morgan fingerprint density at radius 1 is 0.524 bits per heavy atom. The van der Waals surface area contributed by atoms with Gasteiger partial charge in [-0.05, 0) is 24.3 Å². The van der Waals surface area contributed by atoms with Gasteiger partial charge in [-0.1, -0.05) is 78.1 Å². The molecule has 0 radical (unpaired) electrons. The standard InChI is InChI=1S/C18H38OS2/c1-3-5-7-9-11-13-15-20-17-19-18-21-16-14-12-10-8-6-4-2/h3-18H2,1-2H3. The van der Waals surface area contributed by atoms with E-state index >= 15 is 0 Å². The zero-order valence-corrected chi connectivity index (χ0v) is 16.2. The Balaban J connectivity index is 2.90. The van der Waals surface area contributed by atoms with Gasteiger partial charge in [-0.3, -0.25) is 0 Å². The summed E-state index contributed by atoms with van der Waals surface area (Å²) in [5.41, 5.74) is 0. The van der Waals surface area contributed by atoms with Crippen molar-refractivity contribution in [3.8, 4) is 0 Å². The van der Waals surface area contributed by atoms with E-state index < -0.39 is 0 Å².